The van der Waals surface area contributed by atoms with Gasteiger partial charge in [-0.05, 0) is 35.2 Å². The lowest BCUT2D eigenvalue weighted by molar-refractivity contribution is 0.598. The molecule has 0 amide bonds. The van der Waals surface area contributed by atoms with E-state index in [0.717, 1.165) is 25.2 Å². The van der Waals surface area contributed by atoms with Crippen LogP contribution in [0.4, 0.5) is 0 Å². The Hall–Kier alpha value is -1.13. The predicted octanol–water partition coefficient (Wildman–Crippen LogP) is 2.91. The first kappa shape index (κ1) is 12.3. The highest BCUT2D eigenvalue weighted by Gasteiger charge is 2.13. The molecule has 2 aromatic heterocycles. The lowest BCUT2D eigenvalue weighted by Gasteiger charge is -2.12. The van der Waals surface area contributed by atoms with Crippen molar-refractivity contribution in [3.63, 3.8) is 0 Å². The molecule has 17 heavy (non-hydrogen) atoms. The molecule has 2 N–H and O–H groups in total. The molecule has 0 spiro atoms. The maximum absolute atomic E-state index is 6.25. The summed E-state index contributed by atoms with van der Waals surface area (Å²) in [6, 6.07) is 0.0549. The number of nitrogens with zero attached hydrogens (tertiary/aromatic N) is 2. The van der Waals surface area contributed by atoms with Crippen LogP contribution in [0.5, 0.6) is 0 Å². The van der Waals surface area contributed by atoms with Gasteiger partial charge in [-0.1, -0.05) is 6.92 Å². The number of hydrogen-bond acceptors (Lipinski definition) is 3. The van der Waals surface area contributed by atoms with E-state index in [1.165, 1.54) is 11.1 Å². The van der Waals surface area contributed by atoms with Crippen LogP contribution in [-0.2, 0) is 13.0 Å². The third-order valence-corrected chi connectivity index (χ3v) is 3.84. The van der Waals surface area contributed by atoms with Gasteiger partial charge in [-0.2, -0.15) is 11.3 Å². The molecule has 2 heterocycles. The lowest BCUT2D eigenvalue weighted by atomic mass is 10.0. The molecular weight excluding hydrogens is 230 g/mol. The summed E-state index contributed by atoms with van der Waals surface area (Å²) in [7, 11) is 0. The minimum atomic E-state index is 0.0549. The van der Waals surface area contributed by atoms with Gasteiger partial charge in [0.15, 0.2) is 0 Å². The van der Waals surface area contributed by atoms with E-state index >= 15 is 0 Å². The van der Waals surface area contributed by atoms with Gasteiger partial charge in [-0.15, -0.1) is 0 Å². The Kier molecular flexibility index (Phi) is 3.97. The van der Waals surface area contributed by atoms with Gasteiger partial charge in [0.25, 0.3) is 0 Å². The molecule has 0 saturated heterocycles. The Labute approximate surface area is 106 Å². The van der Waals surface area contributed by atoms with E-state index in [0.29, 0.717) is 0 Å². The van der Waals surface area contributed by atoms with Crippen molar-refractivity contribution in [2.24, 2.45) is 5.73 Å². The highest BCUT2D eigenvalue weighted by atomic mass is 32.1. The first-order chi connectivity index (χ1) is 8.22. The molecule has 92 valence electrons. The summed E-state index contributed by atoms with van der Waals surface area (Å²) in [6.07, 6.45) is 5.82. The molecule has 2 aromatic rings. The van der Waals surface area contributed by atoms with E-state index < -0.39 is 0 Å². The van der Waals surface area contributed by atoms with Crippen LogP contribution < -0.4 is 5.73 Å². The third-order valence-electron chi connectivity index (χ3n) is 2.96. The fourth-order valence-electron chi connectivity index (χ4n) is 2.03. The molecular formula is C13H19N3S. The Morgan fingerprint density at radius 3 is 2.94 bits per heavy atom. The Morgan fingerprint density at radius 2 is 2.29 bits per heavy atom. The van der Waals surface area contributed by atoms with Crippen molar-refractivity contribution in [1.29, 1.82) is 0 Å². The van der Waals surface area contributed by atoms with Gasteiger partial charge in [0, 0.05) is 31.4 Å². The number of nitrogens with two attached hydrogens (primary N) is 1. The molecule has 0 saturated carbocycles. The van der Waals surface area contributed by atoms with E-state index in [4.69, 9.17) is 5.73 Å². The predicted molar refractivity (Wildman–Crippen MR) is 72.2 cm³/mol. The molecule has 0 aliphatic heterocycles. The highest BCUT2D eigenvalue weighted by molar-refractivity contribution is 7.08. The second kappa shape index (κ2) is 5.47. The number of aromatic nitrogens is 2. The molecule has 4 heteroatoms. The normalized spacial score (nSPS) is 12.9. The van der Waals surface area contributed by atoms with Crippen LogP contribution in [0.3, 0.4) is 0 Å². The minimum Gasteiger partial charge on any atom is -0.335 e. The van der Waals surface area contributed by atoms with E-state index in [9.17, 15) is 0 Å². The van der Waals surface area contributed by atoms with Crippen LogP contribution in [0.25, 0.3) is 0 Å². The maximum Gasteiger partial charge on any atom is 0.110 e. The molecule has 0 aromatic carbocycles. The molecule has 0 fully saturated rings. The molecule has 0 radical (unpaired) electrons. The molecule has 1 atom stereocenters. The van der Waals surface area contributed by atoms with E-state index in [-0.39, 0.29) is 6.04 Å². The van der Waals surface area contributed by atoms with Gasteiger partial charge < -0.3 is 10.3 Å². The fraction of sp³-hybridized carbons (Fsp3) is 0.462. The average molecular weight is 249 g/mol. The minimum absolute atomic E-state index is 0.0549. The maximum atomic E-state index is 6.25. The van der Waals surface area contributed by atoms with Crippen LogP contribution >= 0.6 is 11.3 Å². The van der Waals surface area contributed by atoms with Crippen LogP contribution in [-0.4, -0.2) is 9.55 Å². The quantitative estimate of drug-likeness (QED) is 0.885. The standard InChI is InChI=1S/C13H19N3S/c1-3-5-16-6-4-15-13(16)7-12(14)11-9-17-8-10(11)2/h4,6,8-9,12H,3,5,7,14H2,1-2H3. The summed E-state index contributed by atoms with van der Waals surface area (Å²) in [5, 5.41) is 4.29. The first-order valence-corrected chi connectivity index (χ1v) is 6.95. The van der Waals surface area contributed by atoms with Crippen LogP contribution in [0.15, 0.2) is 23.2 Å². The molecule has 1 unspecified atom stereocenters. The zero-order valence-corrected chi connectivity index (χ0v) is 11.2. The second-order valence-corrected chi connectivity index (χ2v) is 5.10. The fourth-order valence-corrected chi connectivity index (χ4v) is 2.95. The molecule has 3 nitrogen and oxygen atoms in total. The van der Waals surface area contributed by atoms with Crippen LogP contribution in [0, 0.1) is 6.92 Å². The SMILES string of the molecule is CCCn1ccnc1CC(N)c1cscc1C. The number of hydrogen-bond donors (Lipinski definition) is 1. The zero-order chi connectivity index (χ0) is 12.3. The van der Waals surface area contributed by atoms with E-state index in [1.807, 2.05) is 12.4 Å². The number of imidazole rings is 1. The zero-order valence-electron chi connectivity index (χ0n) is 10.4. The summed E-state index contributed by atoms with van der Waals surface area (Å²) < 4.78 is 2.20. The topological polar surface area (TPSA) is 43.8 Å². The molecule has 0 aliphatic rings. The van der Waals surface area contributed by atoms with Crippen molar-refractivity contribution in [3.05, 3.63) is 40.1 Å². The summed E-state index contributed by atoms with van der Waals surface area (Å²) >= 11 is 1.71. The van der Waals surface area contributed by atoms with E-state index in [1.54, 1.807) is 11.3 Å². The lowest BCUT2D eigenvalue weighted by Crippen LogP contribution is -2.16. The molecule has 0 bridgehead atoms. The van der Waals surface area contributed by atoms with Crippen molar-refractivity contribution < 1.29 is 0 Å². The van der Waals surface area contributed by atoms with Crippen LogP contribution in [0.2, 0.25) is 0 Å². The van der Waals surface area contributed by atoms with Crippen molar-refractivity contribution in [3.8, 4) is 0 Å². The average Bonchev–Trinajstić information content (AvgIpc) is 2.89. The smallest absolute Gasteiger partial charge is 0.110 e. The van der Waals surface area contributed by atoms with Gasteiger partial charge in [-0.3, -0.25) is 0 Å². The van der Waals surface area contributed by atoms with Crippen molar-refractivity contribution in [2.45, 2.75) is 39.3 Å². The third kappa shape index (κ3) is 2.76. The largest absolute Gasteiger partial charge is 0.335 e. The Balaban J connectivity index is 2.10. The summed E-state index contributed by atoms with van der Waals surface area (Å²) in [6.45, 7) is 5.31. The van der Waals surface area contributed by atoms with Crippen molar-refractivity contribution in [2.75, 3.05) is 0 Å². The number of rotatable bonds is 5. The first-order valence-electron chi connectivity index (χ1n) is 6.00. The summed E-state index contributed by atoms with van der Waals surface area (Å²) in [4.78, 5) is 4.40. The Morgan fingerprint density at radius 1 is 1.47 bits per heavy atom. The second-order valence-electron chi connectivity index (χ2n) is 4.36. The monoisotopic (exact) mass is 249 g/mol. The molecule has 0 aliphatic carbocycles. The number of thiophene rings is 1. The van der Waals surface area contributed by atoms with Crippen molar-refractivity contribution in [1.82, 2.24) is 9.55 Å². The van der Waals surface area contributed by atoms with Gasteiger partial charge in [0.1, 0.15) is 5.82 Å². The highest BCUT2D eigenvalue weighted by Crippen LogP contribution is 2.22. The Bertz CT molecular complexity index is 472. The summed E-state index contributed by atoms with van der Waals surface area (Å²) in [5.41, 5.74) is 8.79. The van der Waals surface area contributed by atoms with Gasteiger partial charge in [-0.25, -0.2) is 4.98 Å². The van der Waals surface area contributed by atoms with E-state index in [2.05, 4.69) is 34.2 Å². The van der Waals surface area contributed by atoms with Crippen LogP contribution in [0.1, 0.15) is 36.3 Å². The van der Waals surface area contributed by atoms with Gasteiger partial charge in [0.05, 0.1) is 0 Å². The van der Waals surface area contributed by atoms with Gasteiger partial charge in [0.2, 0.25) is 0 Å². The number of aryl methyl sites for hydroxylation is 2. The molecule has 2 rings (SSSR count). The van der Waals surface area contributed by atoms with Gasteiger partial charge >= 0.3 is 0 Å². The van der Waals surface area contributed by atoms with Crippen molar-refractivity contribution >= 4 is 11.3 Å². The summed E-state index contributed by atoms with van der Waals surface area (Å²) in [5.74, 6) is 1.09.